The molecular formula is C22H39Cl3O6SSi. The van der Waals surface area contributed by atoms with Crippen LogP contribution < -0.4 is 0 Å². The Morgan fingerprint density at radius 1 is 1.06 bits per heavy atom. The minimum Gasteiger partial charge on any atom is -0.414 e. The lowest BCUT2D eigenvalue weighted by atomic mass is 9.86. The van der Waals surface area contributed by atoms with Crippen LogP contribution in [-0.2, 0) is 28.2 Å². The monoisotopic (exact) mass is 564 g/mol. The van der Waals surface area contributed by atoms with Gasteiger partial charge in [-0.3, -0.25) is 4.18 Å². The van der Waals surface area contributed by atoms with Gasteiger partial charge < -0.3 is 13.9 Å². The third-order valence-corrected chi connectivity index (χ3v) is 13.5. The molecule has 5 atom stereocenters. The van der Waals surface area contributed by atoms with E-state index in [9.17, 15) is 8.42 Å². The molecule has 2 saturated carbocycles. The second kappa shape index (κ2) is 9.01. The molecule has 33 heavy (non-hydrogen) atoms. The zero-order chi connectivity index (χ0) is 25.3. The summed E-state index contributed by atoms with van der Waals surface area (Å²) >= 11 is 19.1. The standard InChI is InChI=1S/C22H39Cl3O6SSi/c1-19(2,3)33(7,8)31-16-9-14-10-21(28-12-20(4,5)13-29-21)11-15(14)17(16)18(22(23,24)25)30-32(6,26)27/h14-18H,9-13H2,1-8H3/t14-,15+,16-,17-,18?/m1/s1. The van der Waals surface area contributed by atoms with Gasteiger partial charge in [0.1, 0.15) is 6.10 Å². The highest BCUT2D eigenvalue weighted by Crippen LogP contribution is 2.59. The second-order valence-electron chi connectivity index (χ2n) is 12.5. The molecule has 1 spiro atoms. The molecule has 0 radical (unpaired) electrons. The summed E-state index contributed by atoms with van der Waals surface area (Å²) in [6, 6.07) is 0. The highest BCUT2D eigenvalue weighted by Gasteiger charge is 2.62. The van der Waals surface area contributed by atoms with Gasteiger partial charge in [0.05, 0.1) is 25.6 Å². The van der Waals surface area contributed by atoms with Gasteiger partial charge in [-0.1, -0.05) is 69.4 Å². The summed E-state index contributed by atoms with van der Waals surface area (Å²) in [7, 11) is -6.06. The molecule has 0 aromatic carbocycles. The van der Waals surface area contributed by atoms with E-state index < -0.39 is 40.0 Å². The number of alkyl halides is 3. The molecule has 11 heteroatoms. The van der Waals surface area contributed by atoms with Gasteiger partial charge in [0, 0.05) is 24.2 Å². The lowest BCUT2D eigenvalue weighted by Gasteiger charge is -2.45. The van der Waals surface area contributed by atoms with Crippen LogP contribution in [0, 0.1) is 23.2 Å². The summed E-state index contributed by atoms with van der Waals surface area (Å²) < 4.78 is 47.2. The van der Waals surface area contributed by atoms with Crippen LogP contribution in [0.4, 0.5) is 0 Å². The number of halogens is 3. The van der Waals surface area contributed by atoms with Crippen LogP contribution in [0.1, 0.15) is 53.9 Å². The second-order valence-corrected chi connectivity index (χ2v) is 21.2. The smallest absolute Gasteiger partial charge is 0.264 e. The molecule has 3 aliphatic rings. The van der Waals surface area contributed by atoms with Crippen LogP contribution in [0.25, 0.3) is 0 Å². The third-order valence-electron chi connectivity index (χ3n) is 7.84. The maximum absolute atomic E-state index is 12.2. The van der Waals surface area contributed by atoms with Crippen molar-refractivity contribution in [1.82, 2.24) is 0 Å². The lowest BCUT2D eigenvalue weighted by Crippen LogP contribution is -2.51. The largest absolute Gasteiger partial charge is 0.414 e. The van der Waals surface area contributed by atoms with Crippen LogP contribution in [-0.4, -0.2) is 58.0 Å². The summed E-state index contributed by atoms with van der Waals surface area (Å²) in [5, 5.41) is -0.0230. The topological polar surface area (TPSA) is 71.1 Å². The molecule has 0 bridgehead atoms. The van der Waals surface area contributed by atoms with E-state index in [-0.39, 0.29) is 28.4 Å². The number of hydrogen-bond donors (Lipinski definition) is 0. The van der Waals surface area contributed by atoms with Crippen LogP contribution in [0.3, 0.4) is 0 Å². The van der Waals surface area contributed by atoms with E-state index in [1.807, 2.05) is 0 Å². The van der Waals surface area contributed by atoms with Crippen LogP contribution in [0.2, 0.25) is 18.1 Å². The van der Waals surface area contributed by atoms with Gasteiger partial charge in [-0.05, 0) is 36.4 Å². The fourth-order valence-corrected chi connectivity index (χ4v) is 7.94. The van der Waals surface area contributed by atoms with Crippen LogP contribution in [0.5, 0.6) is 0 Å². The summed E-state index contributed by atoms with van der Waals surface area (Å²) in [4.78, 5) is 0. The van der Waals surface area contributed by atoms with Crippen LogP contribution >= 0.6 is 34.8 Å². The third kappa shape index (κ3) is 6.42. The number of fused-ring (bicyclic) bond motifs is 1. The Hall–Kier alpha value is 0.877. The molecule has 3 rings (SSSR count). The molecule has 6 nitrogen and oxygen atoms in total. The Balaban J connectivity index is 1.95. The molecule has 0 amide bonds. The zero-order valence-corrected chi connectivity index (χ0v) is 25.0. The average Bonchev–Trinajstić information content (AvgIpc) is 3.07. The van der Waals surface area contributed by atoms with Crippen molar-refractivity contribution in [2.24, 2.45) is 23.2 Å². The molecule has 1 aliphatic heterocycles. The lowest BCUT2D eigenvalue weighted by molar-refractivity contribution is -0.298. The van der Waals surface area contributed by atoms with E-state index in [1.54, 1.807) is 0 Å². The van der Waals surface area contributed by atoms with E-state index in [0.717, 1.165) is 12.7 Å². The van der Waals surface area contributed by atoms with Crippen molar-refractivity contribution in [2.75, 3.05) is 19.5 Å². The molecule has 3 fully saturated rings. The molecule has 0 aromatic rings. The van der Waals surface area contributed by atoms with E-state index in [2.05, 4.69) is 47.7 Å². The molecule has 0 aromatic heterocycles. The summed E-state index contributed by atoms with van der Waals surface area (Å²) in [6.45, 7) is 16.3. The van der Waals surface area contributed by atoms with E-state index in [4.69, 9.17) is 52.9 Å². The fourth-order valence-electron chi connectivity index (χ4n) is 5.20. The minimum atomic E-state index is -3.88. The molecule has 1 unspecified atom stereocenters. The predicted octanol–water partition coefficient (Wildman–Crippen LogP) is 5.91. The van der Waals surface area contributed by atoms with Crippen LogP contribution in [0.15, 0.2) is 0 Å². The molecular weight excluding hydrogens is 527 g/mol. The average molecular weight is 566 g/mol. The van der Waals surface area contributed by atoms with Gasteiger partial charge in [0.2, 0.25) is 3.79 Å². The first-order chi connectivity index (χ1) is 14.6. The fraction of sp³-hybridized carbons (Fsp3) is 1.00. The maximum Gasteiger partial charge on any atom is 0.264 e. The molecule has 1 saturated heterocycles. The first kappa shape index (κ1) is 28.4. The van der Waals surface area contributed by atoms with Gasteiger partial charge in [-0.15, -0.1) is 0 Å². The van der Waals surface area contributed by atoms with Crippen molar-refractivity contribution >= 4 is 53.2 Å². The molecule has 1 heterocycles. The Labute approximate surface area is 215 Å². The SMILES string of the molecule is CC1(C)COC2(C[C@H]3C[C@@H](O[Si](C)(C)C(C)(C)C)[C@H](C(OS(C)(=O)=O)C(Cl)(Cl)Cl)[C@H]3C2)OC1. The Morgan fingerprint density at radius 2 is 1.61 bits per heavy atom. The molecule has 2 aliphatic carbocycles. The summed E-state index contributed by atoms with van der Waals surface area (Å²) in [5.41, 5.74) is -0.0458. The number of hydrogen-bond acceptors (Lipinski definition) is 6. The van der Waals surface area contributed by atoms with E-state index >= 15 is 0 Å². The Morgan fingerprint density at radius 3 is 2.06 bits per heavy atom. The van der Waals surface area contributed by atoms with Crippen molar-refractivity contribution in [1.29, 1.82) is 0 Å². The van der Waals surface area contributed by atoms with Gasteiger partial charge in [0.25, 0.3) is 10.1 Å². The van der Waals surface area contributed by atoms with E-state index in [1.165, 1.54) is 0 Å². The Kier molecular flexibility index (Phi) is 7.77. The quantitative estimate of drug-likeness (QED) is 0.235. The molecule has 0 N–H and O–H groups in total. The first-order valence-electron chi connectivity index (χ1n) is 11.6. The maximum atomic E-state index is 12.2. The van der Waals surface area contributed by atoms with Crippen molar-refractivity contribution < 1.29 is 26.5 Å². The van der Waals surface area contributed by atoms with Gasteiger partial charge in [-0.25, -0.2) is 0 Å². The summed E-state index contributed by atoms with van der Waals surface area (Å²) in [6.07, 6.45) is 1.58. The van der Waals surface area contributed by atoms with Crippen molar-refractivity contribution in [3.05, 3.63) is 0 Å². The highest BCUT2D eigenvalue weighted by atomic mass is 35.6. The Bertz CT molecular complexity index is 826. The molecule has 194 valence electrons. The first-order valence-corrected chi connectivity index (χ1v) is 17.4. The zero-order valence-electron chi connectivity index (χ0n) is 20.9. The van der Waals surface area contributed by atoms with Gasteiger partial charge in [0.15, 0.2) is 14.1 Å². The van der Waals surface area contributed by atoms with Crippen molar-refractivity contribution in [3.8, 4) is 0 Å². The van der Waals surface area contributed by atoms with E-state index in [0.29, 0.717) is 26.1 Å². The minimum absolute atomic E-state index is 0.0108. The summed E-state index contributed by atoms with van der Waals surface area (Å²) in [5.74, 6) is -0.922. The van der Waals surface area contributed by atoms with Crippen molar-refractivity contribution in [3.63, 3.8) is 0 Å². The predicted molar refractivity (Wildman–Crippen MR) is 135 cm³/mol. The normalized spacial score (nSPS) is 33.3. The number of rotatable bonds is 5. The van der Waals surface area contributed by atoms with Crippen molar-refractivity contribution in [2.45, 2.75) is 93.8 Å². The highest BCUT2D eigenvalue weighted by molar-refractivity contribution is 7.86. The number of ether oxygens (including phenoxy) is 2. The van der Waals surface area contributed by atoms with Gasteiger partial charge in [-0.2, -0.15) is 8.42 Å². The van der Waals surface area contributed by atoms with Gasteiger partial charge >= 0.3 is 0 Å².